The van der Waals surface area contributed by atoms with Crippen molar-refractivity contribution < 1.29 is 18.7 Å². The molecule has 0 fully saturated rings. The van der Waals surface area contributed by atoms with E-state index in [1.165, 1.54) is 6.33 Å². The number of carbonyl (C=O) groups is 1. The van der Waals surface area contributed by atoms with Crippen LogP contribution in [0.1, 0.15) is 29.8 Å². The maximum atomic E-state index is 13.5. The van der Waals surface area contributed by atoms with Gasteiger partial charge in [-0.2, -0.15) is 5.10 Å². The summed E-state index contributed by atoms with van der Waals surface area (Å²) in [5.74, 6) is -2.19. The molecule has 2 aromatic heterocycles. The molecule has 0 aliphatic heterocycles. The molecule has 11 heteroatoms. The van der Waals surface area contributed by atoms with E-state index in [0.29, 0.717) is 45.6 Å². The lowest BCUT2D eigenvalue weighted by atomic mass is 10.1. The number of amides is 1. The Hall–Kier alpha value is -4.51. The van der Waals surface area contributed by atoms with Gasteiger partial charge in [-0.3, -0.25) is 4.79 Å². The van der Waals surface area contributed by atoms with Crippen molar-refractivity contribution >= 4 is 40.4 Å². The van der Waals surface area contributed by atoms with Crippen molar-refractivity contribution in [3.8, 4) is 5.69 Å². The highest BCUT2D eigenvalue weighted by atomic mass is 19.1. The van der Waals surface area contributed by atoms with Crippen LogP contribution in [0.15, 0.2) is 54.3 Å². The fourth-order valence-corrected chi connectivity index (χ4v) is 3.73. The number of halogens is 2. The summed E-state index contributed by atoms with van der Waals surface area (Å²) in [4.78, 5) is 27.5. The zero-order valence-electron chi connectivity index (χ0n) is 20.7. The van der Waals surface area contributed by atoms with E-state index in [1.807, 2.05) is 27.9 Å². The lowest BCUT2D eigenvalue weighted by molar-refractivity contribution is -0.124. The number of aliphatic hydroxyl groups excluding tert-OH is 1. The summed E-state index contributed by atoms with van der Waals surface area (Å²) in [6, 6.07) is 7.52. The number of carbonyl (C=O) groups excluding carboxylic acids is 1. The number of aliphatic hydroxyl groups is 1. The molecule has 37 heavy (non-hydrogen) atoms. The van der Waals surface area contributed by atoms with Gasteiger partial charge in [0.2, 0.25) is 0 Å². The van der Waals surface area contributed by atoms with E-state index in [4.69, 9.17) is 5.10 Å². The van der Waals surface area contributed by atoms with Crippen LogP contribution in [-0.2, 0) is 4.79 Å². The minimum atomic E-state index is -1.76. The number of fused-ring (bicyclic) bond motifs is 1. The van der Waals surface area contributed by atoms with Crippen molar-refractivity contribution in [3.63, 3.8) is 0 Å². The fraction of sp³-hybridized carbons (Fsp3) is 0.192. The fourth-order valence-electron chi connectivity index (χ4n) is 3.73. The Morgan fingerprint density at radius 2 is 1.89 bits per heavy atom. The summed E-state index contributed by atoms with van der Waals surface area (Å²) < 4.78 is 28.7. The highest BCUT2D eigenvalue weighted by Gasteiger charge is 2.21. The van der Waals surface area contributed by atoms with Crippen LogP contribution in [-0.4, -0.2) is 56.1 Å². The summed E-state index contributed by atoms with van der Waals surface area (Å²) >= 11 is 0. The van der Waals surface area contributed by atoms with Crippen molar-refractivity contribution in [3.05, 3.63) is 77.8 Å². The summed E-state index contributed by atoms with van der Waals surface area (Å²) in [5.41, 5.74) is 4.09. The number of hydrogen-bond donors (Lipinski definition) is 2. The average Bonchev–Trinajstić information content (AvgIpc) is 3.22. The first-order valence-corrected chi connectivity index (χ1v) is 11.2. The Balaban J connectivity index is 1.70. The zero-order chi connectivity index (χ0) is 26.9. The number of aromatic nitrogens is 4. The number of anilines is 1. The van der Waals surface area contributed by atoms with Crippen LogP contribution in [0.25, 0.3) is 22.3 Å². The Kier molecular flexibility index (Phi) is 7.07. The minimum Gasteiger partial charge on any atom is -0.378 e. The topological polar surface area (TPSA) is 109 Å². The van der Waals surface area contributed by atoms with Gasteiger partial charge in [0.15, 0.2) is 11.9 Å². The molecule has 1 atom stereocenters. The van der Waals surface area contributed by atoms with Gasteiger partial charge in [-0.1, -0.05) is 6.58 Å². The van der Waals surface area contributed by atoms with Crippen LogP contribution in [0, 0.1) is 18.6 Å². The number of aryl methyl sites for hydroxylation is 1. The van der Waals surface area contributed by atoms with Crippen molar-refractivity contribution in [1.29, 1.82) is 0 Å². The highest BCUT2D eigenvalue weighted by Crippen LogP contribution is 2.31. The Morgan fingerprint density at radius 1 is 1.19 bits per heavy atom. The molecule has 1 unspecified atom stereocenters. The van der Waals surface area contributed by atoms with E-state index in [2.05, 4.69) is 26.9 Å². The molecular weight excluding hydrogens is 480 g/mol. The van der Waals surface area contributed by atoms with Gasteiger partial charge in [0.25, 0.3) is 5.91 Å². The van der Waals surface area contributed by atoms with Crippen molar-refractivity contribution in [1.82, 2.24) is 24.6 Å². The van der Waals surface area contributed by atoms with E-state index < -0.39 is 23.6 Å². The number of nitrogens with one attached hydrogen (secondary N) is 1. The highest BCUT2D eigenvalue weighted by molar-refractivity contribution is 5.96. The summed E-state index contributed by atoms with van der Waals surface area (Å²) in [5, 5.41) is 17.6. The predicted molar refractivity (Wildman–Crippen MR) is 138 cm³/mol. The number of nitrogens with zero attached hydrogens (tertiary/aromatic N) is 6. The normalized spacial score (nSPS) is 12.2. The van der Waals surface area contributed by atoms with Crippen LogP contribution in [0.4, 0.5) is 20.3 Å². The van der Waals surface area contributed by atoms with E-state index in [9.17, 15) is 18.7 Å². The molecule has 0 saturated carbocycles. The second-order valence-corrected chi connectivity index (χ2v) is 8.74. The largest absolute Gasteiger partial charge is 0.378 e. The number of aliphatic imine (C=N–C) groups is 1. The Bertz CT molecular complexity index is 1530. The monoisotopic (exact) mass is 505 g/mol. The number of benzene rings is 2. The molecule has 9 nitrogen and oxygen atoms in total. The van der Waals surface area contributed by atoms with E-state index in [-0.39, 0.29) is 5.56 Å². The van der Waals surface area contributed by atoms with Gasteiger partial charge < -0.3 is 15.3 Å². The molecule has 2 heterocycles. The first-order valence-electron chi connectivity index (χ1n) is 11.2. The smallest absolute Gasteiger partial charge is 0.257 e. The first kappa shape index (κ1) is 25.6. The van der Waals surface area contributed by atoms with Crippen LogP contribution in [0.2, 0.25) is 0 Å². The second kappa shape index (κ2) is 10.2. The van der Waals surface area contributed by atoms with E-state index >= 15 is 0 Å². The summed E-state index contributed by atoms with van der Waals surface area (Å²) in [7, 11) is 3.69. The molecule has 0 aliphatic carbocycles. The average molecular weight is 506 g/mol. The quantitative estimate of drug-likeness (QED) is 0.286. The maximum Gasteiger partial charge on any atom is 0.257 e. The third-order valence-electron chi connectivity index (χ3n) is 5.40. The van der Waals surface area contributed by atoms with Gasteiger partial charge in [0, 0.05) is 25.8 Å². The molecule has 4 rings (SSSR count). The van der Waals surface area contributed by atoms with Gasteiger partial charge in [0.05, 0.1) is 12.0 Å². The molecule has 1 amide bonds. The SMILES string of the molecule is C=C(C)c1nn(-c2ccc(NC(=O)C(O)c3cc(F)cc(F)c3)cc2C)c2c(N=CN(C)C)ncnc12. The molecule has 0 aliphatic rings. The third-order valence-corrected chi connectivity index (χ3v) is 5.40. The first-order chi connectivity index (χ1) is 17.5. The second-order valence-electron chi connectivity index (χ2n) is 8.74. The van der Waals surface area contributed by atoms with Crippen molar-refractivity contribution in [2.75, 3.05) is 19.4 Å². The third kappa shape index (κ3) is 5.36. The van der Waals surface area contributed by atoms with E-state index in [0.717, 1.165) is 17.7 Å². The standard InChI is InChI=1S/C26H25F2N7O2/c1-14(2)21-22-23(25(30-12-29-22)31-13-34(4)5)35(33-21)20-7-6-19(8-15(20)3)32-26(37)24(36)16-9-17(27)11-18(28)10-16/h6-13,24,36H,1H2,2-5H3,(H,32,37). The lowest BCUT2D eigenvalue weighted by Crippen LogP contribution is -2.21. The molecule has 0 spiro atoms. The Labute approximate surface area is 211 Å². The van der Waals surface area contributed by atoms with Gasteiger partial charge in [-0.15, -0.1) is 0 Å². The van der Waals surface area contributed by atoms with Crippen LogP contribution in [0.5, 0.6) is 0 Å². The molecular formula is C26H25F2N7O2. The van der Waals surface area contributed by atoms with Gasteiger partial charge >= 0.3 is 0 Å². The van der Waals surface area contributed by atoms with Crippen LogP contribution >= 0.6 is 0 Å². The maximum absolute atomic E-state index is 13.5. The number of allylic oxidation sites excluding steroid dienone is 1. The van der Waals surface area contributed by atoms with Gasteiger partial charge in [-0.05, 0) is 60.9 Å². The van der Waals surface area contributed by atoms with Crippen LogP contribution < -0.4 is 5.32 Å². The lowest BCUT2D eigenvalue weighted by Gasteiger charge is -2.14. The molecule has 0 bridgehead atoms. The molecule has 4 aromatic rings. The number of rotatable bonds is 7. The zero-order valence-corrected chi connectivity index (χ0v) is 20.7. The molecule has 190 valence electrons. The summed E-state index contributed by atoms with van der Waals surface area (Å²) in [6.07, 6.45) is 1.29. The van der Waals surface area contributed by atoms with Crippen LogP contribution in [0.3, 0.4) is 0 Å². The molecule has 0 radical (unpaired) electrons. The Morgan fingerprint density at radius 3 is 2.51 bits per heavy atom. The van der Waals surface area contributed by atoms with Gasteiger partial charge in [-0.25, -0.2) is 28.4 Å². The number of hydrogen-bond acceptors (Lipinski definition) is 6. The predicted octanol–water partition coefficient (Wildman–Crippen LogP) is 4.33. The van der Waals surface area contributed by atoms with Gasteiger partial charge in [0.1, 0.15) is 34.7 Å². The van der Waals surface area contributed by atoms with Crippen molar-refractivity contribution in [2.45, 2.75) is 20.0 Å². The summed E-state index contributed by atoms with van der Waals surface area (Å²) in [6.45, 7) is 7.66. The molecule has 2 N–H and O–H groups in total. The molecule has 0 saturated heterocycles. The van der Waals surface area contributed by atoms with E-state index in [1.54, 1.807) is 34.1 Å². The van der Waals surface area contributed by atoms with Crippen molar-refractivity contribution in [2.24, 2.45) is 4.99 Å². The minimum absolute atomic E-state index is 0.190. The molecule has 2 aromatic carbocycles.